The molecule has 2 rings (SSSR count). The van der Waals surface area contributed by atoms with E-state index in [0.717, 1.165) is 43.4 Å². The molecule has 3 N–H and O–H groups in total. The Kier molecular flexibility index (Phi) is 5.60. The molecule has 1 fully saturated rings. The summed E-state index contributed by atoms with van der Waals surface area (Å²) in [6.45, 7) is 2.16. The van der Waals surface area contributed by atoms with Gasteiger partial charge in [0.1, 0.15) is 0 Å². The van der Waals surface area contributed by atoms with Crippen molar-refractivity contribution in [2.75, 3.05) is 11.9 Å². The predicted molar refractivity (Wildman–Crippen MR) is 83.2 cm³/mol. The molecular formula is C16H23N3O2. The lowest BCUT2D eigenvalue weighted by molar-refractivity contribution is -0.118. The quantitative estimate of drug-likeness (QED) is 0.779. The van der Waals surface area contributed by atoms with Gasteiger partial charge in [-0.3, -0.25) is 10.1 Å². The van der Waals surface area contributed by atoms with E-state index in [2.05, 4.69) is 22.9 Å². The maximum absolute atomic E-state index is 11.8. The van der Waals surface area contributed by atoms with E-state index in [1.54, 1.807) is 0 Å². The first-order valence-electron chi connectivity index (χ1n) is 7.61. The minimum Gasteiger partial charge on any atom is -0.376 e. The minimum atomic E-state index is -0.391. The molecule has 0 aliphatic heterocycles. The summed E-state index contributed by atoms with van der Waals surface area (Å²) in [5, 5.41) is 8.27. The number of hydrogen-bond donors (Lipinski definition) is 3. The summed E-state index contributed by atoms with van der Waals surface area (Å²) in [6, 6.07) is 7.67. The molecule has 1 saturated carbocycles. The van der Waals surface area contributed by atoms with Crippen LogP contribution in [0.5, 0.6) is 0 Å². The fourth-order valence-electron chi connectivity index (χ4n) is 2.64. The SMILES string of the molecule is CCc1ccccc1NCC(=O)NC(=O)NC1CCCC1. The molecule has 3 amide bonds. The van der Waals surface area contributed by atoms with Crippen molar-refractivity contribution in [1.82, 2.24) is 10.6 Å². The van der Waals surface area contributed by atoms with Gasteiger partial charge in [-0.15, -0.1) is 0 Å². The highest BCUT2D eigenvalue weighted by molar-refractivity contribution is 5.96. The van der Waals surface area contributed by atoms with Crippen molar-refractivity contribution >= 4 is 17.6 Å². The summed E-state index contributed by atoms with van der Waals surface area (Å²) in [5.74, 6) is -0.323. The smallest absolute Gasteiger partial charge is 0.321 e. The van der Waals surface area contributed by atoms with Crippen molar-refractivity contribution in [3.05, 3.63) is 29.8 Å². The molecule has 0 saturated heterocycles. The van der Waals surface area contributed by atoms with Crippen LogP contribution in [-0.4, -0.2) is 24.5 Å². The first-order valence-corrected chi connectivity index (χ1v) is 7.61. The Hall–Kier alpha value is -2.04. The number of carbonyl (C=O) groups is 2. The van der Waals surface area contributed by atoms with Crippen LogP contribution in [0.3, 0.4) is 0 Å². The number of nitrogens with one attached hydrogen (secondary N) is 3. The summed E-state index contributed by atoms with van der Waals surface area (Å²) < 4.78 is 0. The van der Waals surface area contributed by atoms with E-state index >= 15 is 0 Å². The summed E-state index contributed by atoms with van der Waals surface area (Å²) in [7, 11) is 0. The molecule has 114 valence electrons. The average Bonchev–Trinajstić information content (AvgIpc) is 2.98. The molecule has 0 aromatic heterocycles. The second-order valence-electron chi connectivity index (χ2n) is 5.37. The van der Waals surface area contributed by atoms with Crippen LogP contribution in [0.2, 0.25) is 0 Å². The van der Waals surface area contributed by atoms with Gasteiger partial charge in [-0.25, -0.2) is 4.79 Å². The van der Waals surface area contributed by atoms with Gasteiger partial charge < -0.3 is 10.6 Å². The highest BCUT2D eigenvalue weighted by Gasteiger charge is 2.18. The molecule has 1 aromatic carbocycles. The zero-order valence-electron chi connectivity index (χ0n) is 12.4. The number of urea groups is 1. The normalized spacial score (nSPS) is 14.7. The summed E-state index contributed by atoms with van der Waals surface area (Å²) in [4.78, 5) is 23.4. The zero-order valence-corrected chi connectivity index (χ0v) is 12.4. The van der Waals surface area contributed by atoms with Crippen LogP contribution in [0.1, 0.15) is 38.2 Å². The van der Waals surface area contributed by atoms with Gasteiger partial charge in [-0.1, -0.05) is 38.0 Å². The summed E-state index contributed by atoms with van der Waals surface area (Å²) >= 11 is 0. The van der Waals surface area contributed by atoms with E-state index in [1.807, 2.05) is 24.3 Å². The van der Waals surface area contributed by atoms with E-state index in [4.69, 9.17) is 0 Å². The number of imide groups is 1. The van der Waals surface area contributed by atoms with Crippen LogP contribution in [0.15, 0.2) is 24.3 Å². The monoisotopic (exact) mass is 289 g/mol. The molecule has 5 nitrogen and oxygen atoms in total. The van der Waals surface area contributed by atoms with Crippen LogP contribution in [0, 0.1) is 0 Å². The third-order valence-electron chi connectivity index (χ3n) is 3.78. The second-order valence-corrected chi connectivity index (χ2v) is 5.37. The lowest BCUT2D eigenvalue weighted by Crippen LogP contribution is -2.45. The van der Waals surface area contributed by atoms with Gasteiger partial charge in [0.2, 0.25) is 5.91 Å². The van der Waals surface area contributed by atoms with Gasteiger partial charge in [-0.05, 0) is 30.9 Å². The van der Waals surface area contributed by atoms with E-state index in [9.17, 15) is 9.59 Å². The minimum absolute atomic E-state index is 0.0924. The third kappa shape index (κ3) is 4.77. The standard InChI is InChI=1S/C16H23N3O2/c1-2-12-7-3-6-10-14(12)17-11-15(20)19-16(21)18-13-8-4-5-9-13/h3,6-7,10,13,17H,2,4-5,8-9,11H2,1H3,(H2,18,19,20,21). The van der Waals surface area contributed by atoms with Crippen molar-refractivity contribution in [3.63, 3.8) is 0 Å². The van der Waals surface area contributed by atoms with Crippen molar-refractivity contribution in [1.29, 1.82) is 0 Å². The molecule has 0 radical (unpaired) electrons. The number of rotatable bonds is 5. The Morgan fingerprint density at radius 3 is 2.62 bits per heavy atom. The number of amides is 3. The van der Waals surface area contributed by atoms with Gasteiger partial charge in [0.25, 0.3) is 0 Å². The number of benzene rings is 1. The number of para-hydroxylation sites is 1. The van der Waals surface area contributed by atoms with Gasteiger partial charge in [0.15, 0.2) is 0 Å². The topological polar surface area (TPSA) is 70.2 Å². The van der Waals surface area contributed by atoms with Crippen molar-refractivity contribution in [2.45, 2.75) is 45.1 Å². The Labute approximate surface area is 125 Å². The predicted octanol–water partition coefficient (Wildman–Crippen LogP) is 2.43. The van der Waals surface area contributed by atoms with Crippen LogP contribution in [0.25, 0.3) is 0 Å². The number of anilines is 1. The molecule has 21 heavy (non-hydrogen) atoms. The Balaban J connectivity index is 1.75. The highest BCUT2D eigenvalue weighted by atomic mass is 16.2. The van der Waals surface area contributed by atoms with Crippen LogP contribution >= 0.6 is 0 Å². The second kappa shape index (κ2) is 7.67. The number of hydrogen-bond acceptors (Lipinski definition) is 3. The molecule has 1 aliphatic carbocycles. The lowest BCUT2D eigenvalue weighted by Gasteiger charge is -2.13. The molecule has 1 aromatic rings. The highest BCUT2D eigenvalue weighted by Crippen LogP contribution is 2.17. The van der Waals surface area contributed by atoms with Crippen molar-refractivity contribution < 1.29 is 9.59 Å². The van der Waals surface area contributed by atoms with Crippen LogP contribution < -0.4 is 16.0 Å². The largest absolute Gasteiger partial charge is 0.376 e. The first-order chi connectivity index (χ1) is 10.2. The summed E-state index contributed by atoms with van der Waals surface area (Å²) in [6.07, 6.45) is 5.20. The number of aryl methyl sites for hydroxylation is 1. The van der Waals surface area contributed by atoms with Gasteiger partial charge in [0, 0.05) is 11.7 Å². The van der Waals surface area contributed by atoms with Gasteiger partial charge >= 0.3 is 6.03 Å². The van der Waals surface area contributed by atoms with Crippen LogP contribution in [-0.2, 0) is 11.2 Å². The molecule has 0 bridgehead atoms. The number of carbonyl (C=O) groups excluding carboxylic acids is 2. The zero-order chi connectivity index (χ0) is 15.1. The fourth-order valence-corrected chi connectivity index (χ4v) is 2.64. The van der Waals surface area contributed by atoms with Gasteiger partial charge in [0.05, 0.1) is 6.54 Å². The maximum Gasteiger partial charge on any atom is 0.321 e. The Morgan fingerprint density at radius 1 is 1.19 bits per heavy atom. The van der Waals surface area contributed by atoms with Crippen molar-refractivity contribution in [3.8, 4) is 0 Å². The molecule has 0 atom stereocenters. The molecule has 0 spiro atoms. The maximum atomic E-state index is 11.8. The summed E-state index contributed by atoms with van der Waals surface area (Å²) in [5.41, 5.74) is 2.09. The molecule has 5 heteroatoms. The average molecular weight is 289 g/mol. The first kappa shape index (κ1) is 15.4. The fraction of sp³-hybridized carbons (Fsp3) is 0.500. The molecule has 0 unspecified atom stereocenters. The van der Waals surface area contributed by atoms with E-state index in [0.29, 0.717) is 0 Å². The third-order valence-corrected chi connectivity index (χ3v) is 3.78. The van der Waals surface area contributed by atoms with E-state index in [-0.39, 0.29) is 18.5 Å². The molecular weight excluding hydrogens is 266 g/mol. The van der Waals surface area contributed by atoms with E-state index in [1.165, 1.54) is 0 Å². The Bertz CT molecular complexity index is 496. The Morgan fingerprint density at radius 2 is 1.90 bits per heavy atom. The van der Waals surface area contributed by atoms with Crippen molar-refractivity contribution in [2.24, 2.45) is 0 Å². The van der Waals surface area contributed by atoms with Crippen LogP contribution in [0.4, 0.5) is 10.5 Å². The molecule has 1 aliphatic rings. The molecule has 0 heterocycles. The van der Waals surface area contributed by atoms with E-state index < -0.39 is 6.03 Å². The lowest BCUT2D eigenvalue weighted by atomic mass is 10.1. The van der Waals surface area contributed by atoms with Gasteiger partial charge in [-0.2, -0.15) is 0 Å².